The van der Waals surface area contributed by atoms with Gasteiger partial charge in [0.25, 0.3) is 5.56 Å². The molecule has 0 aliphatic heterocycles. The van der Waals surface area contributed by atoms with Crippen LogP contribution in [0.4, 0.5) is 5.69 Å². The van der Waals surface area contributed by atoms with E-state index in [1.807, 2.05) is 62.4 Å². The van der Waals surface area contributed by atoms with Crippen molar-refractivity contribution in [2.45, 2.75) is 20.4 Å². The molecule has 0 bridgehead atoms. The van der Waals surface area contributed by atoms with Crippen molar-refractivity contribution in [3.05, 3.63) is 75.6 Å². The number of nitrogens with zero attached hydrogens (tertiary/aromatic N) is 1. The third-order valence-electron chi connectivity index (χ3n) is 4.40. The summed E-state index contributed by atoms with van der Waals surface area (Å²) in [7, 11) is 0. The first-order valence-corrected chi connectivity index (χ1v) is 9.23. The van der Waals surface area contributed by atoms with Crippen LogP contribution in [0.1, 0.15) is 16.7 Å². The zero-order chi connectivity index (χ0) is 19.4. The van der Waals surface area contributed by atoms with E-state index < -0.39 is 0 Å². The molecule has 5 nitrogen and oxygen atoms in total. The fourth-order valence-corrected chi connectivity index (χ4v) is 3.17. The molecule has 0 amide bonds. The predicted molar refractivity (Wildman–Crippen MR) is 114 cm³/mol. The maximum absolute atomic E-state index is 12.5. The molecule has 0 unspecified atom stereocenters. The Morgan fingerprint density at radius 3 is 2.52 bits per heavy atom. The van der Waals surface area contributed by atoms with Gasteiger partial charge in [0.1, 0.15) is 0 Å². The third kappa shape index (κ3) is 4.72. The highest BCUT2D eigenvalue weighted by Gasteiger charge is 2.13. The Balaban J connectivity index is 1.83. The summed E-state index contributed by atoms with van der Waals surface area (Å²) in [5, 5.41) is 14.0. The number of H-pyrrole nitrogens is 1. The summed E-state index contributed by atoms with van der Waals surface area (Å²) in [4.78, 5) is 17.2. The number of benzene rings is 2. The van der Waals surface area contributed by atoms with Gasteiger partial charge in [-0.3, -0.25) is 4.79 Å². The molecule has 2 aromatic carbocycles. The fraction of sp³-hybridized carbons (Fsp3) is 0.238. The zero-order valence-corrected chi connectivity index (χ0v) is 16.3. The molecule has 3 aromatic rings. The molecule has 0 radical (unpaired) electrons. The van der Waals surface area contributed by atoms with E-state index in [0.29, 0.717) is 23.8 Å². The lowest BCUT2D eigenvalue weighted by Crippen LogP contribution is -2.37. The molecule has 0 saturated carbocycles. The number of anilines is 1. The van der Waals surface area contributed by atoms with Crippen LogP contribution in [0, 0.1) is 13.8 Å². The highest BCUT2D eigenvalue weighted by atomic mass is 32.1. The maximum Gasteiger partial charge on any atom is 0.253 e. The number of aromatic amines is 1. The van der Waals surface area contributed by atoms with Gasteiger partial charge in [-0.2, -0.15) is 0 Å². The average Bonchev–Trinajstić information content (AvgIpc) is 2.64. The molecule has 6 heteroatoms. The van der Waals surface area contributed by atoms with E-state index in [9.17, 15) is 9.90 Å². The van der Waals surface area contributed by atoms with E-state index in [1.54, 1.807) is 4.90 Å². The number of nitrogens with one attached hydrogen (secondary N) is 2. The highest BCUT2D eigenvalue weighted by Crippen LogP contribution is 2.15. The number of thiocarbonyl (C=S) groups is 1. The van der Waals surface area contributed by atoms with Crippen molar-refractivity contribution in [3.8, 4) is 0 Å². The Hall–Kier alpha value is -2.70. The van der Waals surface area contributed by atoms with Gasteiger partial charge in [0.05, 0.1) is 13.2 Å². The summed E-state index contributed by atoms with van der Waals surface area (Å²) in [6.45, 7) is 4.61. The van der Waals surface area contributed by atoms with Gasteiger partial charge in [-0.25, -0.2) is 0 Å². The summed E-state index contributed by atoms with van der Waals surface area (Å²) in [6, 6.07) is 15.7. The molecule has 1 heterocycles. The number of hydrogen-bond donors (Lipinski definition) is 3. The van der Waals surface area contributed by atoms with Crippen LogP contribution in [0.25, 0.3) is 10.9 Å². The summed E-state index contributed by atoms with van der Waals surface area (Å²) >= 11 is 5.50. The molecule has 0 fully saturated rings. The molecule has 0 aliphatic rings. The van der Waals surface area contributed by atoms with Gasteiger partial charge in [0, 0.05) is 23.3 Å². The third-order valence-corrected chi connectivity index (χ3v) is 4.76. The molecule has 0 aliphatic carbocycles. The molecule has 3 N–H and O–H groups in total. The van der Waals surface area contributed by atoms with Gasteiger partial charge in [-0.05, 0) is 61.3 Å². The minimum atomic E-state index is -0.144. The van der Waals surface area contributed by atoms with Crippen molar-refractivity contribution in [1.29, 1.82) is 0 Å². The average molecular weight is 382 g/mol. The second-order valence-corrected chi connectivity index (χ2v) is 7.04. The lowest BCUT2D eigenvalue weighted by atomic mass is 10.1. The van der Waals surface area contributed by atoms with Crippen LogP contribution in [0.15, 0.2) is 53.3 Å². The number of aliphatic hydroxyl groups excluding tert-OH is 1. The van der Waals surface area contributed by atoms with Crippen LogP contribution >= 0.6 is 12.2 Å². The maximum atomic E-state index is 12.5. The van der Waals surface area contributed by atoms with Gasteiger partial charge in [-0.1, -0.05) is 29.8 Å². The molecular formula is C21H23N3O2S. The van der Waals surface area contributed by atoms with Gasteiger partial charge in [-0.15, -0.1) is 0 Å². The number of pyridine rings is 1. The number of hydrogen-bond acceptors (Lipinski definition) is 3. The molecule has 0 atom stereocenters. The van der Waals surface area contributed by atoms with Crippen molar-refractivity contribution < 1.29 is 5.11 Å². The van der Waals surface area contributed by atoms with Gasteiger partial charge >= 0.3 is 0 Å². The fourth-order valence-electron chi connectivity index (χ4n) is 2.90. The zero-order valence-electron chi connectivity index (χ0n) is 15.5. The van der Waals surface area contributed by atoms with Crippen LogP contribution in [-0.2, 0) is 6.54 Å². The number of aryl methyl sites for hydroxylation is 2. The number of rotatable bonds is 5. The summed E-state index contributed by atoms with van der Waals surface area (Å²) < 4.78 is 0. The summed E-state index contributed by atoms with van der Waals surface area (Å²) in [5.74, 6) is 0. The smallest absolute Gasteiger partial charge is 0.253 e. The van der Waals surface area contributed by atoms with Crippen molar-refractivity contribution in [2.75, 3.05) is 18.5 Å². The van der Waals surface area contributed by atoms with Crippen LogP contribution in [0.3, 0.4) is 0 Å². The van der Waals surface area contributed by atoms with Gasteiger partial charge < -0.3 is 20.3 Å². The molecule has 0 spiro atoms. The van der Waals surface area contributed by atoms with E-state index in [-0.39, 0.29) is 12.2 Å². The van der Waals surface area contributed by atoms with Crippen molar-refractivity contribution in [3.63, 3.8) is 0 Å². The quantitative estimate of drug-likeness (QED) is 0.592. The van der Waals surface area contributed by atoms with Crippen molar-refractivity contribution in [1.82, 2.24) is 9.88 Å². The van der Waals surface area contributed by atoms with Crippen LogP contribution < -0.4 is 10.9 Å². The first-order valence-electron chi connectivity index (χ1n) is 8.82. The van der Waals surface area contributed by atoms with E-state index in [0.717, 1.165) is 27.7 Å². The van der Waals surface area contributed by atoms with Crippen molar-refractivity contribution in [2.24, 2.45) is 0 Å². The van der Waals surface area contributed by atoms with E-state index in [2.05, 4.69) is 10.3 Å². The summed E-state index contributed by atoms with van der Waals surface area (Å²) in [6.07, 6.45) is 0. The van der Waals surface area contributed by atoms with E-state index >= 15 is 0 Å². The molecular weight excluding hydrogens is 358 g/mol. The monoisotopic (exact) mass is 381 g/mol. The topological polar surface area (TPSA) is 68.4 Å². The number of fused-ring (bicyclic) bond motifs is 1. The SMILES string of the molecule is Cc1ccc(NC(=S)N(CCO)Cc2cc3ccc(C)cc3[nH]c2=O)cc1. The first-order chi connectivity index (χ1) is 13.0. The Labute approximate surface area is 163 Å². The highest BCUT2D eigenvalue weighted by molar-refractivity contribution is 7.80. The minimum Gasteiger partial charge on any atom is -0.395 e. The molecule has 0 saturated heterocycles. The van der Waals surface area contributed by atoms with Crippen molar-refractivity contribution >= 4 is 33.9 Å². The number of aromatic nitrogens is 1. The first kappa shape index (κ1) is 19.1. The van der Waals surface area contributed by atoms with E-state index in [1.165, 1.54) is 0 Å². The van der Waals surface area contributed by atoms with Crippen LogP contribution in [0.5, 0.6) is 0 Å². The minimum absolute atomic E-state index is 0.0552. The Morgan fingerprint density at radius 1 is 1.11 bits per heavy atom. The van der Waals surface area contributed by atoms with Crippen LogP contribution in [0.2, 0.25) is 0 Å². The second kappa shape index (κ2) is 8.33. The van der Waals surface area contributed by atoms with Gasteiger partial charge in [0.2, 0.25) is 0 Å². The second-order valence-electron chi connectivity index (χ2n) is 6.66. The number of aliphatic hydroxyl groups is 1. The lowest BCUT2D eigenvalue weighted by molar-refractivity contribution is 0.248. The molecule has 27 heavy (non-hydrogen) atoms. The van der Waals surface area contributed by atoms with E-state index in [4.69, 9.17) is 12.2 Å². The molecule has 140 valence electrons. The molecule has 1 aromatic heterocycles. The van der Waals surface area contributed by atoms with Gasteiger partial charge in [0.15, 0.2) is 5.11 Å². The Morgan fingerprint density at radius 2 is 1.81 bits per heavy atom. The summed E-state index contributed by atoms with van der Waals surface area (Å²) in [5.41, 5.74) is 4.41. The van der Waals surface area contributed by atoms with Crippen LogP contribution in [-0.4, -0.2) is 33.3 Å². The Bertz CT molecular complexity index is 1010. The Kier molecular flexibility index (Phi) is 5.88. The standard InChI is InChI=1S/C21H23N3O2S/c1-14-4-7-18(8-5-14)22-21(27)24(9-10-25)13-17-12-16-6-3-15(2)11-19(16)23-20(17)26/h3-8,11-12,25H,9-10,13H2,1-2H3,(H,22,27)(H,23,26). The lowest BCUT2D eigenvalue weighted by Gasteiger charge is -2.25. The largest absolute Gasteiger partial charge is 0.395 e. The normalized spacial score (nSPS) is 10.8. The predicted octanol–water partition coefficient (Wildman–Crippen LogP) is 3.34. The molecule has 3 rings (SSSR count).